The van der Waals surface area contributed by atoms with Gasteiger partial charge in [0.25, 0.3) is 0 Å². The summed E-state index contributed by atoms with van der Waals surface area (Å²) < 4.78 is 0. The number of fused-ring (bicyclic) bond motifs is 1. The molecule has 0 aliphatic carbocycles. The number of benzene rings is 1. The van der Waals surface area contributed by atoms with Crippen LogP contribution in [0.2, 0.25) is 0 Å². The van der Waals surface area contributed by atoms with Crippen LogP contribution < -0.4 is 4.90 Å². The van der Waals surface area contributed by atoms with Crippen molar-refractivity contribution in [1.82, 2.24) is 0 Å². The Hall–Kier alpha value is -1.46. The van der Waals surface area contributed by atoms with Crippen molar-refractivity contribution in [1.29, 1.82) is 0 Å². The molecule has 0 spiro atoms. The first kappa shape index (κ1) is 12.0. The molecular weight excluding hydrogens is 206 g/mol. The van der Waals surface area contributed by atoms with Crippen molar-refractivity contribution in [2.24, 2.45) is 5.41 Å². The smallest absolute Gasteiger partial charge is 0.0434 e. The third-order valence-corrected chi connectivity index (χ3v) is 2.93. The van der Waals surface area contributed by atoms with Gasteiger partial charge in [0.15, 0.2) is 0 Å². The van der Waals surface area contributed by atoms with Crippen LogP contribution in [0.1, 0.15) is 26.3 Å². The van der Waals surface area contributed by atoms with E-state index in [0.29, 0.717) is 0 Å². The predicted octanol–water partition coefficient (Wildman–Crippen LogP) is 3.81. The van der Waals surface area contributed by atoms with E-state index in [-0.39, 0.29) is 5.41 Å². The maximum Gasteiger partial charge on any atom is 0.0434 e. The normalized spacial score (nSPS) is 14.2. The highest BCUT2D eigenvalue weighted by Crippen LogP contribution is 2.26. The summed E-state index contributed by atoms with van der Waals surface area (Å²) in [5, 5.41) is 0. The number of hydrogen-bond acceptors (Lipinski definition) is 1. The summed E-state index contributed by atoms with van der Waals surface area (Å²) in [4.78, 5) is 2.42. The van der Waals surface area contributed by atoms with Gasteiger partial charge in [0.05, 0.1) is 0 Å². The van der Waals surface area contributed by atoms with Crippen LogP contribution in [0.15, 0.2) is 42.1 Å². The van der Waals surface area contributed by atoms with Gasteiger partial charge >= 0.3 is 0 Å². The first-order valence-electron chi connectivity index (χ1n) is 6.31. The fourth-order valence-electron chi connectivity index (χ4n) is 2.07. The molecule has 0 radical (unpaired) electrons. The third kappa shape index (κ3) is 3.25. The summed E-state index contributed by atoms with van der Waals surface area (Å²) >= 11 is 0. The summed E-state index contributed by atoms with van der Waals surface area (Å²) in [6.45, 7) is 8.67. The molecule has 1 nitrogen and oxygen atoms in total. The Kier molecular flexibility index (Phi) is 3.40. The Morgan fingerprint density at radius 3 is 2.82 bits per heavy atom. The summed E-state index contributed by atoms with van der Waals surface area (Å²) in [7, 11) is 0. The number of rotatable bonds is 2. The molecular formula is C16H21N. The maximum absolute atomic E-state index is 3.29. The lowest BCUT2D eigenvalue weighted by molar-refractivity contribution is 0.545. The molecule has 0 atom stereocenters. The van der Waals surface area contributed by atoms with Crippen LogP contribution in [0.5, 0.6) is 0 Å². The molecule has 0 aromatic heterocycles. The fourth-order valence-corrected chi connectivity index (χ4v) is 2.07. The van der Waals surface area contributed by atoms with E-state index in [1.165, 1.54) is 17.7 Å². The van der Waals surface area contributed by atoms with E-state index in [0.717, 1.165) is 13.1 Å². The molecule has 0 N–H and O–H groups in total. The topological polar surface area (TPSA) is 3.24 Å². The van der Waals surface area contributed by atoms with Gasteiger partial charge < -0.3 is 4.90 Å². The van der Waals surface area contributed by atoms with E-state index in [9.17, 15) is 0 Å². The first-order valence-corrected chi connectivity index (χ1v) is 6.31. The third-order valence-electron chi connectivity index (χ3n) is 2.93. The molecule has 1 heterocycles. The zero-order chi connectivity index (χ0) is 12.3. The average molecular weight is 227 g/mol. The maximum atomic E-state index is 3.29. The number of anilines is 1. The second-order valence-corrected chi connectivity index (χ2v) is 5.71. The first-order chi connectivity index (χ1) is 8.06. The van der Waals surface area contributed by atoms with Gasteiger partial charge in [-0.3, -0.25) is 0 Å². The van der Waals surface area contributed by atoms with Crippen LogP contribution in [0, 0.1) is 5.41 Å². The summed E-state index contributed by atoms with van der Waals surface area (Å²) in [5.41, 5.74) is 6.38. The molecule has 1 aliphatic rings. The van der Waals surface area contributed by atoms with Crippen molar-refractivity contribution >= 4 is 5.69 Å². The average Bonchev–Trinajstić information content (AvgIpc) is 2.67. The molecule has 1 aromatic rings. The summed E-state index contributed by atoms with van der Waals surface area (Å²) in [5.74, 6) is 0. The Balaban J connectivity index is 2.01. The monoisotopic (exact) mass is 227 g/mol. The molecule has 90 valence electrons. The van der Waals surface area contributed by atoms with Gasteiger partial charge in [0.2, 0.25) is 0 Å². The van der Waals surface area contributed by atoms with E-state index in [4.69, 9.17) is 0 Å². The molecule has 0 fully saturated rings. The van der Waals surface area contributed by atoms with E-state index >= 15 is 0 Å². The van der Waals surface area contributed by atoms with E-state index in [1.807, 2.05) is 0 Å². The van der Waals surface area contributed by atoms with E-state index in [1.54, 1.807) is 0 Å². The van der Waals surface area contributed by atoms with Crippen LogP contribution in [-0.2, 0) is 6.42 Å². The summed E-state index contributed by atoms with van der Waals surface area (Å²) in [6.07, 6.45) is 5.44. The van der Waals surface area contributed by atoms with E-state index in [2.05, 4.69) is 67.8 Å². The van der Waals surface area contributed by atoms with Crippen LogP contribution in [0.4, 0.5) is 5.69 Å². The lowest BCUT2D eigenvalue weighted by atomic mass is 9.97. The quantitative estimate of drug-likeness (QED) is 0.694. The molecule has 1 heteroatoms. The zero-order valence-electron chi connectivity index (χ0n) is 11.0. The minimum atomic E-state index is 0.222. The van der Waals surface area contributed by atoms with Crippen molar-refractivity contribution in [2.75, 3.05) is 18.0 Å². The fraction of sp³-hybridized carbons (Fsp3) is 0.438. The largest absolute Gasteiger partial charge is 0.367 e. The minimum Gasteiger partial charge on any atom is -0.367 e. The summed E-state index contributed by atoms with van der Waals surface area (Å²) in [6, 6.07) is 8.68. The Morgan fingerprint density at radius 2 is 2.06 bits per heavy atom. The Morgan fingerprint density at radius 1 is 1.29 bits per heavy atom. The molecule has 1 aromatic carbocycles. The van der Waals surface area contributed by atoms with Crippen molar-refractivity contribution in [3.63, 3.8) is 0 Å². The van der Waals surface area contributed by atoms with E-state index < -0.39 is 0 Å². The van der Waals surface area contributed by atoms with Crippen molar-refractivity contribution < 1.29 is 0 Å². The second-order valence-electron chi connectivity index (χ2n) is 5.71. The van der Waals surface area contributed by atoms with Crippen LogP contribution in [0.25, 0.3) is 0 Å². The van der Waals surface area contributed by atoms with Gasteiger partial charge in [-0.05, 0) is 35.6 Å². The molecule has 1 aliphatic heterocycles. The van der Waals surface area contributed by atoms with Gasteiger partial charge in [-0.25, -0.2) is 0 Å². The molecule has 2 rings (SSSR count). The van der Waals surface area contributed by atoms with Crippen molar-refractivity contribution in [3.05, 3.63) is 47.7 Å². The van der Waals surface area contributed by atoms with Crippen LogP contribution >= 0.6 is 0 Å². The lowest BCUT2D eigenvalue weighted by Crippen LogP contribution is -2.19. The van der Waals surface area contributed by atoms with Gasteiger partial charge in [0.1, 0.15) is 0 Å². The van der Waals surface area contributed by atoms with Crippen LogP contribution in [-0.4, -0.2) is 13.1 Å². The Bertz CT molecular complexity index is 445. The highest BCUT2D eigenvalue weighted by Gasteiger charge is 2.16. The molecule has 0 amide bonds. The SMILES string of the molecule is CC(C)(C)C=C=CCN1CCc2ccccc21. The van der Waals surface area contributed by atoms with Gasteiger partial charge in [-0.1, -0.05) is 39.0 Å². The van der Waals surface area contributed by atoms with Gasteiger partial charge in [-0.2, -0.15) is 0 Å². The lowest BCUT2D eigenvalue weighted by Gasteiger charge is -2.16. The highest BCUT2D eigenvalue weighted by atomic mass is 15.1. The van der Waals surface area contributed by atoms with Gasteiger partial charge in [-0.15, -0.1) is 5.73 Å². The van der Waals surface area contributed by atoms with Crippen molar-refractivity contribution in [3.8, 4) is 0 Å². The number of hydrogen-bond donors (Lipinski definition) is 0. The minimum absolute atomic E-state index is 0.222. The Labute approximate surface area is 104 Å². The number of nitrogens with zero attached hydrogens (tertiary/aromatic N) is 1. The predicted molar refractivity (Wildman–Crippen MR) is 74.5 cm³/mol. The molecule has 0 saturated carbocycles. The molecule has 0 saturated heterocycles. The van der Waals surface area contributed by atoms with Crippen molar-refractivity contribution in [2.45, 2.75) is 27.2 Å². The van der Waals surface area contributed by atoms with Crippen LogP contribution in [0.3, 0.4) is 0 Å². The zero-order valence-corrected chi connectivity index (χ0v) is 11.0. The number of para-hydroxylation sites is 1. The molecule has 17 heavy (non-hydrogen) atoms. The highest BCUT2D eigenvalue weighted by molar-refractivity contribution is 5.58. The molecule has 0 unspecified atom stereocenters. The van der Waals surface area contributed by atoms with Gasteiger partial charge in [0, 0.05) is 18.8 Å². The molecule has 0 bridgehead atoms. The standard InChI is InChI=1S/C16H21N/c1-16(2,3)11-6-7-12-17-13-10-14-8-4-5-9-15(14)17/h4-5,7-9,11H,10,12-13H2,1-3H3. The second kappa shape index (κ2) is 4.81.